The molecule has 0 amide bonds. The molecule has 0 aromatic carbocycles. The molecule has 1 N–H and O–H groups in total. The van der Waals surface area contributed by atoms with Gasteiger partial charge in [0.2, 0.25) is 0 Å². The lowest BCUT2D eigenvalue weighted by molar-refractivity contribution is -0.170. The van der Waals surface area contributed by atoms with Crippen LogP contribution in [0.3, 0.4) is 0 Å². The molecule has 0 heterocycles. The summed E-state index contributed by atoms with van der Waals surface area (Å²) in [5.41, 5.74) is 0.0470. The van der Waals surface area contributed by atoms with Crippen LogP contribution >= 0.6 is 0 Å². The van der Waals surface area contributed by atoms with Gasteiger partial charge in [0.15, 0.2) is 0 Å². The first-order valence-corrected chi connectivity index (χ1v) is 8.81. The van der Waals surface area contributed by atoms with Gasteiger partial charge in [-0.3, -0.25) is 0 Å². The third kappa shape index (κ3) is 3.06. The summed E-state index contributed by atoms with van der Waals surface area (Å²) in [5.74, 6) is 1.14. The summed E-state index contributed by atoms with van der Waals surface area (Å²) in [4.78, 5) is 10.9. The first-order chi connectivity index (χ1) is 9.63. The van der Waals surface area contributed by atoms with E-state index in [2.05, 4.69) is 20.8 Å². The van der Waals surface area contributed by atoms with Crippen LogP contribution in [0.4, 0.5) is 0 Å². The van der Waals surface area contributed by atoms with Crippen molar-refractivity contribution in [2.75, 3.05) is 0 Å². The van der Waals surface area contributed by atoms with Gasteiger partial charge in [0, 0.05) is 5.92 Å². The van der Waals surface area contributed by atoms with E-state index in [4.69, 9.17) is 0 Å². The fourth-order valence-electron chi connectivity index (χ4n) is 5.76. The molecule has 0 radical (unpaired) electrons. The van der Waals surface area contributed by atoms with E-state index in [-0.39, 0.29) is 11.3 Å². The minimum absolute atomic E-state index is 0.112. The van der Waals surface area contributed by atoms with Crippen LogP contribution in [0.15, 0.2) is 0 Å². The first kappa shape index (κ1) is 17.0. The summed E-state index contributed by atoms with van der Waals surface area (Å²) in [7, 11) is 0. The lowest BCUT2D eigenvalue weighted by Gasteiger charge is -2.61. The molecule has 2 fully saturated rings. The van der Waals surface area contributed by atoms with Gasteiger partial charge in [-0.2, -0.15) is 0 Å². The highest BCUT2D eigenvalue weighted by molar-refractivity contribution is 5.52. The van der Waals surface area contributed by atoms with Crippen LogP contribution in [0.2, 0.25) is 0 Å². The average molecular weight is 294 g/mol. The zero-order valence-electron chi connectivity index (χ0n) is 14.6. The zero-order valence-corrected chi connectivity index (χ0v) is 14.6. The van der Waals surface area contributed by atoms with E-state index < -0.39 is 5.60 Å². The van der Waals surface area contributed by atoms with Crippen molar-refractivity contribution in [3.8, 4) is 0 Å². The van der Waals surface area contributed by atoms with E-state index in [0.717, 1.165) is 32.0 Å². The van der Waals surface area contributed by atoms with Crippen LogP contribution in [0, 0.1) is 28.6 Å². The van der Waals surface area contributed by atoms with Crippen LogP contribution in [0.5, 0.6) is 0 Å². The summed E-state index contributed by atoms with van der Waals surface area (Å²) in [6.07, 6.45) is 8.83. The maximum Gasteiger partial charge on any atom is 0.122 e. The van der Waals surface area contributed by atoms with Crippen LogP contribution in [0.1, 0.15) is 79.6 Å². The molecule has 0 bridgehead atoms. The smallest absolute Gasteiger partial charge is 0.122 e. The van der Waals surface area contributed by atoms with Gasteiger partial charge in [-0.25, -0.2) is 0 Å². The first-order valence-electron chi connectivity index (χ1n) is 8.81. The summed E-state index contributed by atoms with van der Waals surface area (Å²) < 4.78 is 0. The Bertz CT molecular complexity index is 385. The molecular weight excluding hydrogens is 260 g/mol. The summed E-state index contributed by atoms with van der Waals surface area (Å²) in [6.45, 7) is 11.3. The highest BCUT2D eigenvalue weighted by atomic mass is 16.3. The van der Waals surface area contributed by atoms with Gasteiger partial charge in [-0.15, -0.1) is 0 Å². The van der Waals surface area contributed by atoms with Crippen molar-refractivity contribution < 1.29 is 9.90 Å². The number of hydrogen-bond donors (Lipinski definition) is 1. The number of aliphatic hydroxyl groups is 1. The third-order valence-electron chi connectivity index (χ3n) is 6.90. The highest BCUT2D eigenvalue weighted by Crippen LogP contribution is 2.62. The van der Waals surface area contributed by atoms with Gasteiger partial charge >= 0.3 is 0 Å². The number of carbonyl (C=O) groups is 1. The number of fused-ring (bicyclic) bond motifs is 1. The van der Waals surface area contributed by atoms with Crippen molar-refractivity contribution in [3.63, 3.8) is 0 Å². The minimum Gasteiger partial charge on any atom is -0.390 e. The summed E-state index contributed by atoms with van der Waals surface area (Å²) in [6, 6.07) is 0. The molecule has 122 valence electrons. The van der Waals surface area contributed by atoms with Crippen molar-refractivity contribution >= 4 is 6.29 Å². The topological polar surface area (TPSA) is 37.3 Å². The molecule has 2 heteroatoms. The van der Waals surface area contributed by atoms with E-state index >= 15 is 0 Å². The third-order valence-corrected chi connectivity index (χ3v) is 6.90. The molecule has 2 aliphatic rings. The predicted molar refractivity (Wildman–Crippen MR) is 87.0 cm³/mol. The Labute approximate surface area is 130 Å². The molecule has 2 aliphatic carbocycles. The molecule has 0 aromatic heterocycles. The maximum atomic E-state index is 11.0. The predicted octanol–water partition coefficient (Wildman–Crippen LogP) is 4.60. The van der Waals surface area contributed by atoms with Crippen LogP contribution < -0.4 is 0 Å². The molecule has 5 unspecified atom stereocenters. The van der Waals surface area contributed by atoms with Gasteiger partial charge in [0.05, 0.1) is 5.60 Å². The molecule has 5 atom stereocenters. The van der Waals surface area contributed by atoms with E-state index in [1.807, 2.05) is 13.8 Å². The van der Waals surface area contributed by atoms with E-state index in [1.165, 1.54) is 19.3 Å². The molecule has 0 spiro atoms. The molecule has 2 rings (SSSR count). The number of hydrogen-bond acceptors (Lipinski definition) is 2. The SMILES string of the molecule is CC(C=O)CCC1C(C)(O)CCC2C(C)(C)CCCC21C. The standard InChI is InChI=1S/C19H34O2/c1-14(13-20)7-8-16-18(4)11-6-10-17(2,3)15(18)9-12-19(16,5)21/h13-16,21H,6-12H2,1-5H3. The van der Waals surface area contributed by atoms with Gasteiger partial charge < -0.3 is 9.90 Å². The number of rotatable bonds is 4. The second-order valence-electron chi connectivity index (χ2n) is 9.04. The van der Waals surface area contributed by atoms with Crippen molar-refractivity contribution in [2.24, 2.45) is 28.6 Å². The average Bonchev–Trinajstić information content (AvgIpc) is 2.35. The fourth-order valence-corrected chi connectivity index (χ4v) is 5.76. The molecule has 21 heavy (non-hydrogen) atoms. The molecule has 2 nitrogen and oxygen atoms in total. The Morgan fingerprint density at radius 2 is 1.86 bits per heavy atom. The van der Waals surface area contributed by atoms with Crippen molar-refractivity contribution in [1.29, 1.82) is 0 Å². The normalized spacial score (nSPS) is 43.9. The lowest BCUT2D eigenvalue weighted by atomic mass is 9.45. The summed E-state index contributed by atoms with van der Waals surface area (Å²) >= 11 is 0. The van der Waals surface area contributed by atoms with Gasteiger partial charge in [0.25, 0.3) is 0 Å². The molecule has 0 aliphatic heterocycles. The van der Waals surface area contributed by atoms with Crippen molar-refractivity contribution in [1.82, 2.24) is 0 Å². The van der Waals surface area contributed by atoms with E-state index in [0.29, 0.717) is 17.3 Å². The van der Waals surface area contributed by atoms with E-state index in [1.54, 1.807) is 0 Å². The Morgan fingerprint density at radius 3 is 2.48 bits per heavy atom. The molecule has 0 aromatic rings. The quantitative estimate of drug-likeness (QED) is 0.770. The van der Waals surface area contributed by atoms with Gasteiger partial charge in [-0.1, -0.05) is 34.1 Å². The monoisotopic (exact) mass is 294 g/mol. The Morgan fingerprint density at radius 1 is 1.19 bits per heavy atom. The molecular formula is C19H34O2. The van der Waals surface area contributed by atoms with Crippen molar-refractivity contribution in [2.45, 2.75) is 85.2 Å². The van der Waals surface area contributed by atoms with Crippen molar-refractivity contribution in [3.05, 3.63) is 0 Å². The highest BCUT2D eigenvalue weighted by Gasteiger charge is 2.57. The van der Waals surface area contributed by atoms with E-state index in [9.17, 15) is 9.90 Å². The molecule has 0 saturated heterocycles. The fraction of sp³-hybridized carbons (Fsp3) is 0.947. The number of aldehydes is 1. The summed E-state index contributed by atoms with van der Waals surface area (Å²) in [5, 5.41) is 11.0. The number of carbonyl (C=O) groups excluding carboxylic acids is 1. The van der Waals surface area contributed by atoms with Crippen LogP contribution in [-0.4, -0.2) is 17.0 Å². The Balaban J connectivity index is 2.26. The van der Waals surface area contributed by atoms with Gasteiger partial charge in [-0.05, 0) is 68.1 Å². The largest absolute Gasteiger partial charge is 0.390 e. The Kier molecular flexibility index (Phi) is 4.60. The van der Waals surface area contributed by atoms with Gasteiger partial charge in [0.1, 0.15) is 6.29 Å². The zero-order chi connectivity index (χ0) is 15.9. The van der Waals surface area contributed by atoms with Crippen LogP contribution in [-0.2, 0) is 4.79 Å². The second-order valence-corrected chi connectivity index (χ2v) is 9.04. The minimum atomic E-state index is -0.568. The molecule has 2 saturated carbocycles. The van der Waals surface area contributed by atoms with Crippen LogP contribution in [0.25, 0.3) is 0 Å². The second kappa shape index (κ2) is 5.68. The lowest BCUT2D eigenvalue weighted by Crippen LogP contribution is -2.57. The maximum absolute atomic E-state index is 11.0. The Hall–Kier alpha value is -0.370.